The average molecular weight is 363 g/mol. The highest BCUT2D eigenvalue weighted by molar-refractivity contribution is 6.17. The van der Waals surface area contributed by atoms with E-state index in [1.54, 1.807) is 13.3 Å². The number of methoxy groups -OCH3 is 1. The summed E-state index contributed by atoms with van der Waals surface area (Å²) in [5.74, 6) is 0.890. The second-order valence-corrected chi connectivity index (χ2v) is 7.32. The van der Waals surface area contributed by atoms with Crippen LogP contribution in [-0.4, -0.2) is 56.0 Å². The van der Waals surface area contributed by atoms with E-state index in [0.717, 1.165) is 65.5 Å². The molecule has 2 aliphatic rings. The van der Waals surface area contributed by atoms with Gasteiger partial charge in [0, 0.05) is 56.1 Å². The molecule has 1 aliphatic heterocycles. The van der Waals surface area contributed by atoms with Crippen molar-refractivity contribution in [1.82, 2.24) is 9.88 Å². The number of ketones is 1. The maximum absolute atomic E-state index is 13.1. The smallest absolute Gasteiger partial charge is 0.190 e. The normalized spacial score (nSPS) is 19.2. The highest BCUT2D eigenvalue weighted by Gasteiger charge is 2.30. The third kappa shape index (κ3) is 3.23. The van der Waals surface area contributed by atoms with Crippen LogP contribution in [0.25, 0.3) is 5.57 Å². The van der Waals surface area contributed by atoms with Crippen LogP contribution < -0.4 is 9.64 Å². The maximum atomic E-state index is 13.1. The second-order valence-electron chi connectivity index (χ2n) is 7.32. The molecule has 0 unspecified atom stereocenters. The number of anilines is 1. The van der Waals surface area contributed by atoms with Crippen LogP contribution in [0.15, 0.2) is 42.2 Å². The predicted molar refractivity (Wildman–Crippen MR) is 108 cm³/mol. The molecule has 0 atom stereocenters. The fourth-order valence-electron chi connectivity index (χ4n) is 3.92. The second kappa shape index (κ2) is 7.16. The molecule has 0 radical (unpaired) electrons. The Bertz CT molecular complexity index is 897. The Morgan fingerprint density at radius 1 is 1.19 bits per heavy atom. The first kappa shape index (κ1) is 17.7. The van der Waals surface area contributed by atoms with E-state index in [1.165, 1.54) is 0 Å². The lowest BCUT2D eigenvalue weighted by atomic mass is 10.0. The Labute approximate surface area is 160 Å². The molecule has 5 heteroatoms. The molecule has 0 N–H and O–H groups in total. The van der Waals surface area contributed by atoms with Crippen molar-refractivity contribution in [2.75, 3.05) is 45.2 Å². The van der Waals surface area contributed by atoms with Gasteiger partial charge in [0.05, 0.1) is 12.8 Å². The van der Waals surface area contributed by atoms with Crippen molar-refractivity contribution < 1.29 is 9.53 Å². The van der Waals surface area contributed by atoms with E-state index >= 15 is 0 Å². The zero-order valence-corrected chi connectivity index (χ0v) is 16.2. The number of aromatic nitrogens is 1. The predicted octanol–water partition coefficient (Wildman–Crippen LogP) is 3.05. The van der Waals surface area contributed by atoms with Crippen LogP contribution in [0.5, 0.6) is 5.75 Å². The largest absolute Gasteiger partial charge is 0.495 e. The molecule has 0 bridgehead atoms. The number of allylic oxidation sites excluding steroid dienone is 2. The van der Waals surface area contributed by atoms with Crippen molar-refractivity contribution in [3.8, 4) is 5.75 Å². The minimum absolute atomic E-state index is 0.106. The van der Waals surface area contributed by atoms with Gasteiger partial charge in [-0.1, -0.05) is 6.07 Å². The van der Waals surface area contributed by atoms with Gasteiger partial charge in [-0.05, 0) is 48.9 Å². The number of Topliss-reactive ketones (excluding diaryl/α,β-unsaturated/α-hetero) is 1. The Hall–Kier alpha value is -2.66. The number of nitrogens with zero attached hydrogens (tertiary/aromatic N) is 3. The van der Waals surface area contributed by atoms with E-state index in [4.69, 9.17) is 4.74 Å². The molecule has 0 spiro atoms. The van der Waals surface area contributed by atoms with Crippen molar-refractivity contribution in [2.45, 2.75) is 13.3 Å². The SMILES string of the molecule is COc1cc2c(cc1N1CCN(C)CC1)CC(=C(C)c1cccnc1)C2=O. The topological polar surface area (TPSA) is 45.7 Å². The summed E-state index contributed by atoms with van der Waals surface area (Å²) >= 11 is 0. The number of piperazine rings is 1. The molecule has 1 aromatic heterocycles. The number of rotatable bonds is 3. The van der Waals surface area contributed by atoms with Gasteiger partial charge in [0.15, 0.2) is 5.78 Å². The zero-order chi connectivity index (χ0) is 19.0. The van der Waals surface area contributed by atoms with Crippen molar-refractivity contribution in [1.29, 1.82) is 0 Å². The van der Waals surface area contributed by atoms with Crippen molar-refractivity contribution >= 4 is 17.0 Å². The molecule has 1 fully saturated rings. The lowest BCUT2D eigenvalue weighted by molar-refractivity contribution is 0.104. The molecule has 2 aromatic rings. The summed E-state index contributed by atoms with van der Waals surface area (Å²) in [4.78, 5) is 21.9. The minimum atomic E-state index is 0.106. The van der Waals surface area contributed by atoms with Crippen molar-refractivity contribution in [2.24, 2.45) is 0 Å². The van der Waals surface area contributed by atoms with Gasteiger partial charge < -0.3 is 14.5 Å². The summed E-state index contributed by atoms with van der Waals surface area (Å²) in [6, 6.07) is 7.98. The first-order valence-corrected chi connectivity index (χ1v) is 9.37. The molecule has 4 rings (SSSR count). The van der Waals surface area contributed by atoms with E-state index in [9.17, 15) is 4.79 Å². The van der Waals surface area contributed by atoms with E-state index in [0.29, 0.717) is 6.42 Å². The van der Waals surface area contributed by atoms with E-state index in [2.05, 4.69) is 27.9 Å². The molecule has 5 nitrogen and oxygen atoms in total. The summed E-state index contributed by atoms with van der Waals surface area (Å²) < 4.78 is 5.65. The molecule has 0 amide bonds. The molecule has 0 saturated carbocycles. The number of hydrogen-bond donors (Lipinski definition) is 0. The number of hydrogen-bond acceptors (Lipinski definition) is 5. The third-order valence-corrected chi connectivity index (χ3v) is 5.68. The summed E-state index contributed by atoms with van der Waals surface area (Å²) in [6.45, 7) is 6.01. The summed E-state index contributed by atoms with van der Waals surface area (Å²) in [5, 5.41) is 0. The summed E-state index contributed by atoms with van der Waals surface area (Å²) in [6.07, 6.45) is 4.23. The Kier molecular flexibility index (Phi) is 4.70. The lowest BCUT2D eigenvalue weighted by Crippen LogP contribution is -2.44. The standard InChI is InChI=1S/C22H25N3O2/c1-15(16-5-4-6-23-14-16)18-11-17-12-20(25-9-7-24(2)8-10-25)21(27-3)13-19(17)22(18)26/h4-6,12-14H,7-11H2,1-3H3. The molecule has 2 heterocycles. The van der Waals surface area contributed by atoms with Crippen molar-refractivity contribution in [3.63, 3.8) is 0 Å². The molecule has 140 valence electrons. The number of ether oxygens (including phenoxy) is 1. The molecular weight excluding hydrogens is 338 g/mol. The first-order chi connectivity index (χ1) is 13.1. The number of likely N-dealkylation sites (N-methyl/N-ethyl adjacent to an activating group) is 1. The molecular formula is C22H25N3O2. The Morgan fingerprint density at radius 2 is 1.96 bits per heavy atom. The van der Waals surface area contributed by atoms with Gasteiger partial charge in [0.25, 0.3) is 0 Å². The fraction of sp³-hybridized carbons (Fsp3) is 0.364. The van der Waals surface area contributed by atoms with E-state index < -0.39 is 0 Å². The molecule has 1 saturated heterocycles. The van der Waals surface area contributed by atoms with Gasteiger partial charge >= 0.3 is 0 Å². The van der Waals surface area contributed by atoms with Crippen molar-refractivity contribution in [3.05, 3.63) is 58.9 Å². The summed E-state index contributed by atoms with van der Waals surface area (Å²) in [7, 11) is 3.83. The van der Waals surface area contributed by atoms with Gasteiger partial charge in [-0.25, -0.2) is 0 Å². The first-order valence-electron chi connectivity index (χ1n) is 9.37. The number of carbonyl (C=O) groups excluding carboxylic acids is 1. The van der Waals surface area contributed by atoms with E-state index in [1.807, 2.05) is 31.3 Å². The van der Waals surface area contributed by atoms with Gasteiger partial charge in [-0.15, -0.1) is 0 Å². The highest BCUT2D eigenvalue weighted by Crippen LogP contribution is 2.39. The number of fused-ring (bicyclic) bond motifs is 1. The van der Waals surface area contributed by atoms with Crippen LogP contribution in [0.1, 0.15) is 28.4 Å². The van der Waals surface area contributed by atoms with Crippen LogP contribution >= 0.6 is 0 Å². The lowest BCUT2D eigenvalue weighted by Gasteiger charge is -2.35. The zero-order valence-electron chi connectivity index (χ0n) is 16.2. The van der Waals surface area contributed by atoms with E-state index in [-0.39, 0.29) is 5.78 Å². The van der Waals surface area contributed by atoms with Gasteiger partial charge in [-0.3, -0.25) is 9.78 Å². The Balaban J connectivity index is 1.71. The maximum Gasteiger partial charge on any atom is 0.190 e. The van der Waals surface area contributed by atoms with Crippen LogP contribution in [0, 0.1) is 0 Å². The van der Waals surface area contributed by atoms with Crippen LogP contribution in [0.4, 0.5) is 5.69 Å². The molecule has 1 aliphatic carbocycles. The molecule has 1 aromatic carbocycles. The van der Waals surface area contributed by atoms with Crippen LogP contribution in [0.2, 0.25) is 0 Å². The molecule has 27 heavy (non-hydrogen) atoms. The van der Waals surface area contributed by atoms with Crippen LogP contribution in [0.3, 0.4) is 0 Å². The van der Waals surface area contributed by atoms with Crippen LogP contribution in [-0.2, 0) is 6.42 Å². The minimum Gasteiger partial charge on any atom is -0.495 e. The fourth-order valence-corrected chi connectivity index (χ4v) is 3.92. The Morgan fingerprint density at radius 3 is 2.63 bits per heavy atom. The number of carbonyl (C=O) groups is 1. The third-order valence-electron chi connectivity index (χ3n) is 5.68. The monoisotopic (exact) mass is 363 g/mol. The summed E-state index contributed by atoms with van der Waals surface area (Å²) in [5.41, 5.74) is 5.81. The van der Waals surface area contributed by atoms with Gasteiger partial charge in [0.1, 0.15) is 5.75 Å². The van der Waals surface area contributed by atoms with Gasteiger partial charge in [-0.2, -0.15) is 0 Å². The quantitative estimate of drug-likeness (QED) is 0.785. The number of pyridine rings is 1. The number of benzene rings is 1. The average Bonchev–Trinajstić information content (AvgIpc) is 3.03. The van der Waals surface area contributed by atoms with Gasteiger partial charge in [0.2, 0.25) is 0 Å². The highest BCUT2D eigenvalue weighted by atomic mass is 16.5.